The third-order valence-electron chi connectivity index (χ3n) is 4.33. The summed E-state index contributed by atoms with van der Waals surface area (Å²) in [5, 5.41) is 11.2. The van der Waals surface area contributed by atoms with Gasteiger partial charge in [-0.1, -0.05) is 54.4 Å². The average molecular weight is 287 g/mol. The molecule has 1 aliphatic rings. The molecule has 1 N–H and O–H groups in total. The molecule has 2 aromatic carbocycles. The highest BCUT2D eigenvalue weighted by molar-refractivity contribution is 6.31. The Balaban J connectivity index is 1.82. The van der Waals surface area contributed by atoms with Crippen molar-refractivity contribution in [3.05, 3.63) is 69.7 Å². The molecule has 1 fully saturated rings. The van der Waals surface area contributed by atoms with E-state index in [4.69, 9.17) is 11.6 Å². The molecule has 2 heteroatoms. The lowest BCUT2D eigenvalue weighted by molar-refractivity contribution is 0.220. The van der Waals surface area contributed by atoms with Crippen molar-refractivity contribution in [2.45, 2.75) is 38.2 Å². The fourth-order valence-corrected chi connectivity index (χ4v) is 2.84. The van der Waals surface area contributed by atoms with Crippen LogP contribution in [0.25, 0.3) is 0 Å². The van der Waals surface area contributed by atoms with Crippen LogP contribution in [0, 0.1) is 6.92 Å². The highest BCUT2D eigenvalue weighted by Gasteiger charge is 2.19. The van der Waals surface area contributed by atoms with E-state index in [1.165, 1.54) is 24.8 Å². The lowest BCUT2D eigenvalue weighted by atomic mass is 9.80. The molecule has 2 aromatic rings. The molecule has 1 nitrogen and oxygen atoms in total. The summed E-state index contributed by atoms with van der Waals surface area (Å²) in [6, 6.07) is 14.1. The zero-order valence-corrected chi connectivity index (χ0v) is 12.4. The maximum atomic E-state index is 10.5. The minimum absolute atomic E-state index is 0.582. The van der Waals surface area contributed by atoms with Crippen molar-refractivity contribution in [1.82, 2.24) is 0 Å². The van der Waals surface area contributed by atoms with Crippen LogP contribution in [-0.4, -0.2) is 5.11 Å². The third kappa shape index (κ3) is 2.61. The summed E-state index contributed by atoms with van der Waals surface area (Å²) in [6.07, 6.45) is 3.37. The number of hydrogen-bond donors (Lipinski definition) is 1. The average Bonchev–Trinajstić information content (AvgIpc) is 2.40. The molecule has 0 spiro atoms. The van der Waals surface area contributed by atoms with E-state index >= 15 is 0 Å². The number of aryl methyl sites for hydroxylation is 1. The van der Waals surface area contributed by atoms with Crippen molar-refractivity contribution in [3.8, 4) is 0 Å². The Morgan fingerprint density at radius 2 is 1.70 bits per heavy atom. The maximum Gasteiger partial charge on any atom is 0.104 e. The molecule has 0 saturated heterocycles. The number of hydrogen-bond acceptors (Lipinski definition) is 1. The zero-order chi connectivity index (χ0) is 14.1. The second-order valence-electron chi connectivity index (χ2n) is 5.71. The van der Waals surface area contributed by atoms with Crippen LogP contribution in [0.5, 0.6) is 0 Å². The largest absolute Gasteiger partial charge is 0.384 e. The molecule has 0 bridgehead atoms. The van der Waals surface area contributed by atoms with Crippen LogP contribution < -0.4 is 0 Å². The maximum absolute atomic E-state index is 10.5. The van der Waals surface area contributed by atoms with Gasteiger partial charge in [0.25, 0.3) is 0 Å². The van der Waals surface area contributed by atoms with Crippen molar-refractivity contribution in [2.24, 2.45) is 0 Å². The molecular formula is C18H19ClO. The first-order valence-electron chi connectivity index (χ1n) is 7.19. The fraction of sp³-hybridized carbons (Fsp3) is 0.333. The SMILES string of the molecule is Cc1cc(C(O)c2ccc(C3CCC3)cc2)ccc1Cl. The van der Waals surface area contributed by atoms with Gasteiger partial charge in [0, 0.05) is 5.02 Å². The van der Waals surface area contributed by atoms with Crippen LogP contribution in [0.15, 0.2) is 42.5 Å². The van der Waals surface area contributed by atoms with Gasteiger partial charge >= 0.3 is 0 Å². The molecule has 1 saturated carbocycles. The Kier molecular flexibility index (Phi) is 3.82. The first-order valence-corrected chi connectivity index (χ1v) is 7.57. The van der Waals surface area contributed by atoms with Gasteiger partial charge in [-0.25, -0.2) is 0 Å². The first-order chi connectivity index (χ1) is 9.65. The molecule has 0 aliphatic heterocycles. The molecule has 0 aromatic heterocycles. The Labute approximate surface area is 125 Å². The lowest BCUT2D eigenvalue weighted by Gasteiger charge is -2.26. The number of aliphatic hydroxyl groups is 1. The van der Waals surface area contributed by atoms with E-state index in [0.29, 0.717) is 0 Å². The molecule has 1 atom stereocenters. The number of rotatable bonds is 3. The summed E-state index contributed by atoms with van der Waals surface area (Å²) in [7, 11) is 0. The summed E-state index contributed by atoms with van der Waals surface area (Å²) < 4.78 is 0. The minimum Gasteiger partial charge on any atom is -0.384 e. The van der Waals surface area contributed by atoms with E-state index in [2.05, 4.69) is 12.1 Å². The second kappa shape index (κ2) is 5.59. The van der Waals surface area contributed by atoms with Gasteiger partial charge in [0.15, 0.2) is 0 Å². The summed E-state index contributed by atoms with van der Waals surface area (Å²) in [5.41, 5.74) is 4.23. The van der Waals surface area contributed by atoms with Gasteiger partial charge in [-0.2, -0.15) is 0 Å². The minimum atomic E-state index is -0.582. The number of halogens is 1. The van der Waals surface area contributed by atoms with Crippen molar-refractivity contribution in [3.63, 3.8) is 0 Å². The van der Waals surface area contributed by atoms with E-state index in [1.807, 2.05) is 37.3 Å². The summed E-state index contributed by atoms with van der Waals surface area (Å²) in [5.74, 6) is 0.735. The molecule has 0 amide bonds. The van der Waals surface area contributed by atoms with Gasteiger partial charge in [-0.15, -0.1) is 0 Å². The molecule has 20 heavy (non-hydrogen) atoms. The fourth-order valence-electron chi connectivity index (χ4n) is 2.72. The van der Waals surface area contributed by atoms with Gasteiger partial charge in [0.2, 0.25) is 0 Å². The summed E-state index contributed by atoms with van der Waals surface area (Å²) in [6.45, 7) is 1.96. The van der Waals surface area contributed by atoms with E-state index in [9.17, 15) is 5.11 Å². The van der Waals surface area contributed by atoms with Crippen LogP contribution in [-0.2, 0) is 0 Å². The topological polar surface area (TPSA) is 20.2 Å². The van der Waals surface area contributed by atoms with Crippen molar-refractivity contribution in [1.29, 1.82) is 0 Å². The van der Waals surface area contributed by atoms with Gasteiger partial charge in [-0.3, -0.25) is 0 Å². The van der Waals surface area contributed by atoms with Crippen molar-refractivity contribution < 1.29 is 5.11 Å². The van der Waals surface area contributed by atoms with Gasteiger partial charge in [-0.05, 0) is 54.0 Å². The highest BCUT2D eigenvalue weighted by Crippen LogP contribution is 2.37. The van der Waals surface area contributed by atoms with Crippen LogP contribution in [0.3, 0.4) is 0 Å². The molecule has 3 rings (SSSR count). The molecule has 1 aliphatic carbocycles. The van der Waals surface area contributed by atoms with Crippen LogP contribution >= 0.6 is 11.6 Å². The highest BCUT2D eigenvalue weighted by atomic mass is 35.5. The summed E-state index contributed by atoms with van der Waals surface area (Å²) >= 11 is 6.03. The van der Waals surface area contributed by atoms with Crippen LogP contribution in [0.1, 0.15) is 53.5 Å². The van der Waals surface area contributed by atoms with Gasteiger partial charge in [0.1, 0.15) is 6.10 Å². The molecule has 0 radical (unpaired) electrons. The second-order valence-corrected chi connectivity index (χ2v) is 6.11. The Hall–Kier alpha value is -1.31. The van der Waals surface area contributed by atoms with E-state index in [-0.39, 0.29) is 0 Å². The smallest absolute Gasteiger partial charge is 0.104 e. The van der Waals surface area contributed by atoms with Crippen molar-refractivity contribution >= 4 is 11.6 Å². The molecular weight excluding hydrogens is 268 g/mol. The Morgan fingerprint density at radius 1 is 1.05 bits per heavy atom. The number of benzene rings is 2. The van der Waals surface area contributed by atoms with Gasteiger partial charge in [0.05, 0.1) is 0 Å². The van der Waals surface area contributed by atoms with E-state index in [1.54, 1.807) is 0 Å². The molecule has 104 valence electrons. The Morgan fingerprint density at radius 3 is 2.25 bits per heavy atom. The predicted molar refractivity (Wildman–Crippen MR) is 83.3 cm³/mol. The standard InChI is InChI=1S/C18H19ClO/c1-12-11-16(9-10-17(12)19)18(20)15-7-5-14(6-8-15)13-3-2-4-13/h5-11,13,18,20H,2-4H2,1H3. The van der Waals surface area contributed by atoms with Crippen LogP contribution in [0.4, 0.5) is 0 Å². The first kappa shape index (κ1) is 13.7. The van der Waals surface area contributed by atoms with Crippen molar-refractivity contribution in [2.75, 3.05) is 0 Å². The Bertz CT molecular complexity index is 599. The third-order valence-corrected chi connectivity index (χ3v) is 4.75. The lowest BCUT2D eigenvalue weighted by Crippen LogP contribution is -2.09. The van der Waals surface area contributed by atoms with E-state index in [0.717, 1.165) is 27.6 Å². The number of aliphatic hydroxyl groups excluding tert-OH is 1. The normalized spacial score (nSPS) is 16.8. The monoisotopic (exact) mass is 286 g/mol. The predicted octanol–water partition coefficient (Wildman–Crippen LogP) is 5.00. The van der Waals surface area contributed by atoms with E-state index < -0.39 is 6.10 Å². The van der Waals surface area contributed by atoms with Crippen LogP contribution in [0.2, 0.25) is 5.02 Å². The van der Waals surface area contributed by atoms with Gasteiger partial charge < -0.3 is 5.11 Å². The molecule has 0 heterocycles. The zero-order valence-electron chi connectivity index (χ0n) is 11.6. The molecule has 1 unspecified atom stereocenters. The quantitative estimate of drug-likeness (QED) is 0.842. The summed E-state index contributed by atoms with van der Waals surface area (Å²) in [4.78, 5) is 0.